The van der Waals surface area contributed by atoms with Gasteiger partial charge in [-0.1, -0.05) is 41.1 Å². The van der Waals surface area contributed by atoms with E-state index in [2.05, 4.69) is 10.3 Å². The Kier molecular flexibility index (Phi) is 5.45. The predicted molar refractivity (Wildman–Crippen MR) is 113 cm³/mol. The zero-order valence-electron chi connectivity index (χ0n) is 15.7. The largest absolute Gasteiger partial charge is 0.491 e. The van der Waals surface area contributed by atoms with Gasteiger partial charge in [-0.2, -0.15) is 0 Å². The molecule has 1 aromatic heterocycles. The summed E-state index contributed by atoms with van der Waals surface area (Å²) in [5.41, 5.74) is 1.78. The van der Waals surface area contributed by atoms with E-state index in [1.54, 1.807) is 60.7 Å². The number of nitrogens with zero attached hydrogens (tertiary/aromatic N) is 3. The molecule has 0 spiro atoms. The maximum atomic E-state index is 12.5. The minimum absolute atomic E-state index is 0.163. The van der Waals surface area contributed by atoms with Crippen LogP contribution in [-0.2, 0) is 6.54 Å². The molecule has 7 nitrogen and oxygen atoms in total. The minimum Gasteiger partial charge on any atom is -0.491 e. The molecule has 0 bridgehead atoms. The van der Waals surface area contributed by atoms with E-state index in [4.69, 9.17) is 16.3 Å². The van der Waals surface area contributed by atoms with E-state index in [0.29, 0.717) is 32.8 Å². The van der Waals surface area contributed by atoms with E-state index in [9.17, 15) is 14.7 Å². The standard InChI is InChI=1S/C22H16ClN3O4/c23-16-8-9-20(18(13-16)14-4-3-5-15(12-14)22(28)29)30-11-10-26-21(27)17-6-1-2-7-19(17)24-25-26/h1-9,12-13H,10-11H2,(H,28,29). The van der Waals surface area contributed by atoms with Gasteiger partial charge in [0.1, 0.15) is 17.9 Å². The first-order chi connectivity index (χ1) is 14.5. The third-order valence-corrected chi connectivity index (χ3v) is 4.79. The fraction of sp³-hybridized carbons (Fsp3) is 0.0909. The molecule has 0 aliphatic rings. The number of rotatable bonds is 6. The van der Waals surface area contributed by atoms with Gasteiger partial charge in [0.25, 0.3) is 5.56 Å². The highest BCUT2D eigenvalue weighted by Gasteiger charge is 2.11. The van der Waals surface area contributed by atoms with Crippen LogP contribution in [0.2, 0.25) is 5.02 Å². The van der Waals surface area contributed by atoms with Gasteiger partial charge in [-0.05, 0) is 48.0 Å². The monoisotopic (exact) mass is 421 g/mol. The quantitative estimate of drug-likeness (QED) is 0.507. The van der Waals surface area contributed by atoms with Crippen molar-refractivity contribution in [3.63, 3.8) is 0 Å². The van der Waals surface area contributed by atoms with Crippen molar-refractivity contribution in [2.24, 2.45) is 0 Å². The lowest BCUT2D eigenvalue weighted by molar-refractivity contribution is 0.0697. The summed E-state index contributed by atoms with van der Waals surface area (Å²) in [4.78, 5) is 23.8. The molecule has 1 N–H and O–H groups in total. The molecule has 1 heterocycles. The molecule has 4 aromatic rings. The Labute approximate surface area is 176 Å². The number of carboxylic acids is 1. The van der Waals surface area contributed by atoms with Crippen LogP contribution in [0.5, 0.6) is 5.75 Å². The summed E-state index contributed by atoms with van der Waals surface area (Å²) in [5.74, 6) is -0.501. The number of aromatic carboxylic acids is 1. The number of hydrogen-bond acceptors (Lipinski definition) is 5. The first-order valence-corrected chi connectivity index (χ1v) is 9.49. The van der Waals surface area contributed by atoms with Gasteiger partial charge < -0.3 is 9.84 Å². The summed E-state index contributed by atoms with van der Waals surface area (Å²) in [6, 6.07) is 18.6. The Balaban J connectivity index is 1.58. The molecular weight excluding hydrogens is 406 g/mol. The second kappa shape index (κ2) is 8.34. The Morgan fingerprint density at radius 3 is 2.73 bits per heavy atom. The lowest BCUT2D eigenvalue weighted by atomic mass is 10.0. The number of fused-ring (bicyclic) bond motifs is 1. The second-order valence-electron chi connectivity index (χ2n) is 6.51. The maximum Gasteiger partial charge on any atom is 0.335 e. The molecule has 0 atom stereocenters. The van der Waals surface area contributed by atoms with Crippen molar-refractivity contribution >= 4 is 28.5 Å². The lowest BCUT2D eigenvalue weighted by Crippen LogP contribution is -2.26. The van der Waals surface area contributed by atoms with Crippen molar-refractivity contribution in [3.8, 4) is 16.9 Å². The van der Waals surface area contributed by atoms with E-state index >= 15 is 0 Å². The van der Waals surface area contributed by atoms with Crippen LogP contribution in [-0.4, -0.2) is 32.7 Å². The number of ether oxygens (including phenoxy) is 1. The average Bonchev–Trinajstić information content (AvgIpc) is 2.76. The number of halogens is 1. The van der Waals surface area contributed by atoms with Crippen LogP contribution in [0.1, 0.15) is 10.4 Å². The van der Waals surface area contributed by atoms with Gasteiger partial charge in [-0.3, -0.25) is 4.79 Å². The number of benzene rings is 3. The molecule has 4 rings (SSSR count). The van der Waals surface area contributed by atoms with Crippen molar-refractivity contribution in [2.45, 2.75) is 6.54 Å². The maximum absolute atomic E-state index is 12.5. The molecule has 0 radical (unpaired) electrons. The first kappa shape index (κ1) is 19.6. The Morgan fingerprint density at radius 1 is 1.07 bits per heavy atom. The van der Waals surface area contributed by atoms with E-state index in [1.165, 1.54) is 10.7 Å². The molecule has 150 valence electrons. The molecule has 8 heteroatoms. The van der Waals surface area contributed by atoms with Crippen LogP contribution in [0.25, 0.3) is 22.0 Å². The first-order valence-electron chi connectivity index (χ1n) is 9.11. The Hall–Kier alpha value is -3.71. The van der Waals surface area contributed by atoms with Gasteiger partial charge in [0, 0.05) is 10.6 Å². The number of carboxylic acid groups (broad SMARTS) is 1. The van der Waals surface area contributed by atoms with Crippen LogP contribution in [0, 0.1) is 0 Å². The molecule has 0 unspecified atom stereocenters. The summed E-state index contributed by atoms with van der Waals surface area (Å²) in [6.45, 7) is 0.369. The lowest BCUT2D eigenvalue weighted by Gasteiger charge is -2.13. The smallest absolute Gasteiger partial charge is 0.335 e. The van der Waals surface area contributed by atoms with Gasteiger partial charge in [0.05, 0.1) is 17.5 Å². The van der Waals surface area contributed by atoms with Gasteiger partial charge >= 0.3 is 5.97 Å². The molecular formula is C22H16ClN3O4. The molecule has 0 aliphatic heterocycles. The third kappa shape index (κ3) is 4.01. The molecule has 30 heavy (non-hydrogen) atoms. The molecule has 3 aromatic carbocycles. The highest BCUT2D eigenvalue weighted by atomic mass is 35.5. The highest BCUT2D eigenvalue weighted by molar-refractivity contribution is 6.31. The van der Waals surface area contributed by atoms with E-state index in [-0.39, 0.29) is 24.3 Å². The highest BCUT2D eigenvalue weighted by Crippen LogP contribution is 2.33. The Morgan fingerprint density at radius 2 is 1.90 bits per heavy atom. The number of hydrogen-bond donors (Lipinski definition) is 1. The van der Waals surface area contributed by atoms with Crippen LogP contribution >= 0.6 is 11.6 Å². The van der Waals surface area contributed by atoms with Gasteiger partial charge in [0.2, 0.25) is 0 Å². The second-order valence-corrected chi connectivity index (χ2v) is 6.95. The van der Waals surface area contributed by atoms with Crippen LogP contribution in [0.4, 0.5) is 0 Å². The summed E-state index contributed by atoms with van der Waals surface area (Å²) in [7, 11) is 0. The minimum atomic E-state index is -1.02. The van der Waals surface area contributed by atoms with Crippen molar-refractivity contribution in [2.75, 3.05) is 6.61 Å². The van der Waals surface area contributed by atoms with Crippen molar-refractivity contribution in [1.82, 2.24) is 15.0 Å². The van der Waals surface area contributed by atoms with Crippen LogP contribution < -0.4 is 10.3 Å². The summed E-state index contributed by atoms with van der Waals surface area (Å²) < 4.78 is 7.14. The Bertz CT molecular complexity index is 1300. The van der Waals surface area contributed by atoms with E-state index < -0.39 is 5.97 Å². The molecule has 0 aliphatic carbocycles. The summed E-state index contributed by atoms with van der Waals surface area (Å²) >= 11 is 6.14. The SMILES string of the molecule is O=C(O)c1cccc(-c2cc(Cl)ccc2OCCn2nnc3ccccc3c2=O)c1. The molecule has 0 saturated carbocycles. The van der Waals surface area contributed by atoms with E-state index in [1.807, 2.05) is 0 Å². The summed E-state index contributed by atoms with van der Waals surface area (Å²) in [6.07, 6.45) is 0. The molecule has 0 fully saturated rings. The fourth-order valence-corrected chi connectivity index (χ4v) is 3.26. The van der Waals surface area contributed by atoms with Crippen molar-refractivity contribution < 1.29 is 14.6 Å². The predicted octanol–water partition coefficient (Wildman–Crippen LogP) is 3.89. The number of carbonyl (C=O) groups is 1. The summed E-state index contributed by atoms with van der Waals surface area (Å²) in [5, 5.41) is 18.2. The van der Waals surface area contributed by atoms with Gasteiger partial charge in [-0.15, -0.1) is 5.10 Å². The normalized spacial score (nSPS) is 10.8. The average molecular weight is 422 g/mol. The number of aromatic nitrogens is 3. The zero-order valence-corrected chi connectivity index (χ0v) is 16.4. The topological polar surface area (TPSA) is 94.3 Å². The van der Waals surface area contributed by atoms with Crippen molar-refractivity contribution in [1.29, 1.82) is 0 Å². The van der Waals surface area contributed by atoms with Crippen molar-refractivity contribution in [3.05, 3.63) is 87.7 Å². The third-order valence-electron chi connectivity index (χ3n) is 4.55. The van der Waals surface area contributed by atoms with Gasteiger partial charge in [-0.25, -0.2) is 9.48 Å². The zero-order chi connectivity index (χ0) is 21.1. The fourth-order valence-electron chi connectivity index (χ4n) is 3.09. The molecule has 0 amide bonds. The molecule has 0 saturated heterocycles. The van der Waals surface area contributed by atoms with Crippen LogP contribution in [0.3, 0.4) is 0 Å². The van der Waals surface area contributed by atoms with E-state index in [0.717, 1.165) is 0 Å². The van der Waals surface area contributed by atoms with Gasteiger partial charge in [0.15, 0.2) is 0 Å². The van der Waals surface area contributed by atoms with Crippen LogP contribution in [0.15, 0.2) is 71.5 Å².